The summed E-state index contributed by atoms with van der Waals surface area (Å²) >= 11 is 0. The Morgan fingerprint density at radius 1 is 0.960 bits per heavy atom. The van der Waals surface area contributed by atoms with Crippen molar-refractivity contribution in [3.8, 4) is 5.69 Å². The summed E-state index contributed by atoms with van der Waals surface area (Å²) in [6.45, 7) is 4.74. The van der Waals surface area contributed by atoms with E-state index in [1.165, 1.54) is 0 Å². The molecule has 0 atom stereocenters. The van der Waals surface area contributed by atoms with Crippen molar-refractivity contribution in [1.82, 2.24) is 19.7 Å². The summed E-state index contributed by atoms with van der Waals surface area (Å²) in [5.41, 5.74) is 5.34. The van der Waals surface area contributed by atoms with E-state index in [1.54, 1.807) is 6.33 Å². The van der Waals surface area contributed by atoms with Gasteiger partial charge in [0.2, 0.25) is 0 Å². The quantitative estimate of drug-likeness (QED) is 0.614. The Bertz CT molecular complexity index is 1030. The molecule has 25 heavy (non-hydrogen) atoms. The number of aryl methyl sites for hydroxylation is 2. The lowest BCUT2D eigenvalue weighted by atomic mass is 10.1. The Kier molecular flexibility index (Phi) is 3.90. The van der Waals surface area contributed by atoms with E-state index in [2.05, 4.69) is 45.5 Å². The Morgan fingerprint density at radius 3 is 2.68 bits per heavy atom. The molecule has 0 spiro atoms. The summed E-state index contributed by atoms with van der Waals surface area (Å²) in [4.78, 5) is 8.81. The first-order chi connectivity index (χ1) is 12.2. The first kappa shape index (κ1) is 15.3. The minimum Gasteiger partial charge on any atom is -0.365 e. The van der Waals surface area contributed by atoms with Gasteiger partial charge in [-0.05, 0) is 43.2 Å². The van der Waals surface area contributed by atoms with Crippen molar-refractivity contribution in [1.29, 1.82) is 0 Å². The van der Waals surface area contributed by atoms with Gasteiger partial charge in [0.25, 0.3) is 0 Å². The number of hydrogen-bond donors (Lipinski definition) is 1. The van der Waals surface area contributed by atoms with Crippen molar-refractivity contribution in [2.45, 2.75) is 20.4 Å². The molecule has 0 aliphatic rings. The Morgan fingerprint density at radius 2 is 1.84 bits per heavy atom. The molecule has 124 valence electrons. The molecule has 2 aromatic carbocycles. The van der Waals surface area contributed by atoms with Gasteiger partial charge in [0.15, 0.2) is 0 Å². The fourth-order valence-electron chi connectivity index (χ4n) is 3.03. The molecule has 2 heterocycles. The number of anilines is 1. The topological polar surface area (TPSA) is 55.6 Å². The number of hydrogen-bond acceptors (Lipinski definition) is 4. The SMILES string of the molecule is Cc1ccn(-c2ccccc2CNc2ncnc3cccc(C)c23)n1. The van der Waals surface area contributed by atoms with E-state index in [1.807, 2.05) is 48.1 Å². The molecule has 0 saturated heterocycles. The molecule has 0 aliphatic heterocycles. The maximum atomic E-state index is 4.52. The highest BCUT2D eigenvalue weighted by Gasteiger charge is 2.09. The van der Waals surface area contributed by atoms with Crippen molar-refractivity contribution in [3.05, 3.63) is 77.9 Å². The zero-order valence-corrected chi connectivity index (χ0v) is 14.3. The van der Waals surface area contributed by atoms with Crippen LogP contribution in [-0.2, 0) is 6.54 Å². The summed E-state index contributed by atoms with van der Waals surface area (Å²) in [7, 11) is 0. The van der Waals surface area contributed by atoms with Gasteiger partial charge in [-0.2, -0.15) is 5.10 Å². The Labute approximate surface area is 146 Å². The molecular weight excluding hydrogens is 310 g/mol. The van der Waals surface area contributed by atoms with E-state index in [0.29, 0.717) is 6.54 Å². The van der Waals surface area contributed by atoms with Crippen LogP contribution < -0.4 is 5.32 Å². The van der Waals surface area contributed by atoms with E-state index in [4.69, 9.17) is 0 Å². The molecule has 0 bridgehead atoms. The minimum absolute atomic E-state index is 0.662. The van der Waals surface area contributed by atoms with Gasteiger partial charge in [-0.15, -0.1) is 0 Å². The third-order valence-corrected chi connectivity index (χ3v) is 4.28. The molecule has 0 radical (unpaired) electrons. The van der Waals surface area contributed by atoms with Gasteiger partial charge in [-0.25, -0.2) is 14.6 Å². The van der Waals surface area contributed by atoms with Crippen molar-refractivity contribution < 1.29 is 0 Å². The van der Waals surface area contributed by atoms with Crippen molar-refractivity contribution >= 4 is 16.7 Å². The molecule has 5 heteroatoms. The normalized spacial score (nSPS) is 11.0. The average Bonchev–Trinajstić information content (AvgIpc) is 3.06. The van der Waals surface area contributed by atoms with Crippen LogP contribution in [0, 0.1) is 13.8 Å². The second-order valence-corrected chi connectivity index (χ2v) is 6.08. The number of para-hydroxylation sites is 1. The number of nitrogens with one attached hydrogen (secondary N) is 1. The lowest BCUT2D eigenvalue weighted by Crippen LogP contribution is -2.07. The molecule has 0 saturated carbocycles. The van der Waals surface area contributed by atoms with Crippen LogP contribution >= 0.6 is 0 Å². The first-order valence-electron chi connectivity index (χ1n) is 8.27. The van der Waals surface area contributed by atoms with E-state index < -0.39 is 0 Å². The summed E-state index contributed by atoms with van der Waals surface area (Å²) in [5.74, 6) is 0.856. The van der Waals surface area contributed by atoms with Crippen LogP contribution in [0.5, 0.6) is 0 Å². The molecule has 1 N–H and O–H groups in total. The molecule has 0 amide bonds. The predicted molar refractivity (Wildman–Crippen MR) is 99.9 cm³/mol. The van der Waals surface area contributed by atoms with E-state index in [9.17, 15) is 0 Å². The van der Waals surface area contributed by atoms with Crippen LogP contribution in [0.25, 0.3) is 16.6 Å². The number of fused-ring (bicyclic) bond motifs is 1. The van der Waals surface area contributed by atoms with Crippen LogP contribution in [0.4, 0.5) is 5.82 Å². The minimum atomic E-state index is 0.662. The van der Waals surface area contributed by atoms with E-state index >= 15 is 0 Å². The zero-order chi connectivity index (χ0) is 17.2. The largest absolute Gasteiger partial charge is 0.365 e. The monoisotopic (exact) mass is 329 g/mol. The predicted octanol–water partition coefficient (Wildman–Crippen LogP) is 4.04. The molecule has 0 aliphatic carbocycles. The summed E-state index contributed by atoms with van der Waals surface area (Å²) in [5, 5.41) is 9.06. The zero-order valence-electron chi connectivity index (χ0n) is 14.3. The van der Waals surface area contributed by atoms with Gasteiger partial charge in [0, 0.05) is 18.1 Å². The highest BCUT2D eigenvalue weighted by Crippen LogP contribution is 2.24. The Hall–Kier alpha value is -3.21. The number of aromatic nitrogens is 4. The van der Waals surface area contributed by atoms with Crippen LogP contribution in [0.1, 0.15) is 16.8 Å². The molecule has 4 rings (SSSR count). The highest BCUT2D eigenvalue weighted by molar-refractivity contribution is 5.91. The highest BCUT2D eigenvalue weighted by atomic mass is 15.3. The number of benzene rings is 2. The van der Waals surface area contributed by atoms with Crippen molar-refractivity contribution in [2.75, 3.05) is 5.32 Å². The summed E-state index contributed by atoms with van der Waals surface area (Å²) < 4.78 is 1.91. The van der Waals surface area contributed by atoms with Gasteiger partial charge in [0.1, 0.15) is 12.1 Å². The van der Waals surface area contributed by atoms with Gasteiger partial charge >= 0.3 is 0 Å². The van der Waals surface area contributed by atoms with Crippen molar-refractivity contribution in [2.24, 2.45) is 0 Å². The van der Waals surface area contributed by atoms with Crippen LogP contribution in [0.15, 0.2) is 61.1 Å². The first-order valence-corrected chi connectivity index (χ1v) is 8.27. The third-order valence-electron chi connectivity index (χ3n) is 4.28. The van der Waals surface area contributed by atoms with Gasteiger partial charge in [0.05, 0.1) is 16.9 Å². The Balaban J connectivity index is 1.67. The summed E-state index contributed by atoms with van der Waals surface area (Å²) in [6, 6.07) is 16.4. The fraction of sp³-hybridized carbons (Fsp3) is 0.150. The number of rotatable bonds is 4. The molecular formula is C20H19N5. The second kappa shape index (κ2) is 6.36. The standard InChI is InChI=1S/C20H19N5/c1-14-6-5-8-17-19(14)20(23-13-22-17)21-12-16-7-3-4-9-18(16)25-11-10-15(2)24-25/h3-11,13H,12H2,1-2H3,(H,21,22,23). The van der Waals surface area contributed by atoms with E-state index in [-0.39, 0.29) is 0 Å². The molecule has 4 aromatic rings. The molecule has 5 nitrogen and oxygen atoms in total. The average molecular weight is 329 g/mol. The van der Waals surface area contributed by atoms with Gasteiger partial charge < -0.3 is 5.32 Å². The lowest BCUT2D eigenvalue weighted by molar-refractivity contribution is 0.848. The molecule has 0 fully saturated rings. The third kappa shape index (κ3) is 2.96. The maximum Gasteiger partial charge on any atom is 0.137 e. The van der Waals surface area contributed by atoms with Gasteiger partial charge in [-0.3, -0.25) is 0 Å². The van der Waals surface area contributed by atoms with Crippen molar-refractivity contribution in [3.63, 3.8) is 0 Å². The van der Waals surface area contributed by atoms with Crippen LogP contribution in [0.2, 0.25) is 0 Å². The maximum absolute atomic E-state index is 4.52. The lowest BCUT2D eigenvalue weighted by Gasteiger charge is -2.13. The second-order valence-electron chi connectivity index (χ2n) is 6.08. The fourth-order valence-corrected chi connectivity index (χ4v) is 3.03. The van der Waals surface area contributed by atoms with Crippen LogP contribution in [0.3, 0.4) is 0 Å². The number of nitrogens with zero attached hydrogens (tertiary/aromatic N) is 4. The smallest absolute Gasteiger partial charge is 0.137 e. The van der Waals surface area contributed by atoms with E-state index in [0.717, 1.165) is 39.2 Å². The molecule has 0 unspecified atom stereocenters. The molecule has 2 aromatic heterocycles. The summed E-state index contributed by atoms with van der Waals surface area (Å²) in [6.07, 6.45) is 3.59. The van der Waals surface area contributed by atoms with Gasteiger partial charge in [-0.1, -0.05) is 30.3 Å². The van der Waals surface area contributed by atoms with Crippen LogP contribution in [-0.4, -0.2) is 19.7 Å².